The van der Waals surface area contributed by atoms with E-state index in [1.807, 2.05) is 23.8 Å². The first-order valence-electron chi connectivity index (χ1n) is 6.15. The van der Waals surface area contributed by atoms with Gasteiger partial charge in [0.05, 0.1) is 13.2 Å². The van der Waals surface area contributed by atoms with Crippen LogP contribution in [0.3, 0.4) is 0 Å². The monoisotopic (exact) mass is 315 g/mol. The van der Waals surface area contributed by atoms with Gasteiger partial charge in [0.1, 0.15) is 5.69 Å². The van der Waals surface area contributed by atoms with Gasteiger partial charge < -0.3 is 19.9 Å². The molecule has 1 saturated heterocycles. The van der Waals surface area contributed by atoms with Crippen LogP contribution in [-0.2, 0) is 11.3 Å². The van der Waals surface area contributed by atoms with E-state index in [4.69, 9.17) is 4.74 Å². The number of hydrogen-bond acceptors (Lipinski definition) is 3. The lowest BCUT2D eigenvalue weighted by Gasteiger charge is -2.23. The quantitative estimate of drug-likeness (QED) is 0.871. The zero-order valence-corrected chi connectivity index (χ0v) is 12.0. The van der Waals surface area contributed by atoms with Gasteiger partial charge in [-0.3, -0.25) is 4.79 Å². The van der Waals surface area contributed by atoms with Gasteiger partial charge in [-0.25, -0.2) is 0 Å². The minimum absolute atomic E-state index is 0.0464. The molecule has 0 saturated carbocycles. The molecule has 1 atom stereocenters. The molecule has 0 radical (unpaired) electrons. The fourth-order valence-corrected chi connectivity index (χ4v) is 2.45. The second-order valence-electron chi connectivity index (χ2n) is 4.27. The number of rotatable bonds is 4. The van der Waals surface area contributed by atoms with Crippen molar-refractivity contribution in [3.63, 3.8) is 0 Å². The van der Waals surface area contributed by atoms with Crippen LogP contribution in [0.5, 0.6) is 0 Å². The number of aryl methyl sites for hydroxylation is 1. The minimum Gasteiger partial charge on any atom is -0.378 e. The zero-order valence-electron chi connectivity index (χ0n) is 10.4. The van der Waals surface area contributed by atoms with Gasteiger partial charge >= 0.3 is 0 Å². The maximum atomic E-state index is 12.1. The molecule has 18 heavy (non-hydrogen) atoms. The van der Waals surface area contributed by atoms with E-state index in [0.29, 0.717) is 18.8 Å². The highest BCUT2D eigenvalue weighted by Crippen LogP contribution is 2.14. The normalized spacial score (nSPS) is 19.8. The number of aromatic nitrogens is 1. The van der Waals surface area contributed by atoms with Crippen molar-refractivity contribution < 1.29 is 9.53 Å². The number of carbonyl (C=O) groups excluding carboxylic acids is 1. The van der Waals surface area contributed by atoms with Gasteiger partial charge in [0, 0.05) is 36.3 Å². The van der Waals surface area contributed by atoms with E-state index in [1.54, 1.807) is 0 Å². The average Bonchev–Trinajstić information content (AvgIpc) is 2.78. The molecule has 0 spiro atoms. The number of ether oxygens (including phenoxy) is 1. The van der Waals surface area contributed by atoms with Crippen LogP contribution in [-0.4, -0.2) is 42.8 Å². The summed E-state index contributed by atoms with van der Waals surface area (Å²) in [6, 6.07) is 2.04. The first-order valence-corrected chi connectivity index (χ1v) is 6.95. The fourth-order valence-electron chi connectivity index (χ4n) is 1.98. The summed E-state index contributed by atoms with van der Waals surface area (Å²) in [4.78, 5) is 12.1. The van der Waals surface area contributed by atoms with Crippen molar-refractivity contribution in [1.82, 2.24) is 15.2 Å². The molecule has 0 aliphatic carbocycles. The van der Waals surface area contributed by atoms with Crippen molar-refractivity contribution in [3.8, 4) is 0 Å². The molecule has 5 nitrogen and oxygen atoms in total. The molecule has 1 aromatic rings. The van der Waals surface area contributed by atoms with Gasteiger partial charge in [-0.2, -0.15) is 0 Å². The highest BCUT2D eigenvalue weighted by molar-refractivity contribution is 9.10. The summed E-state index contributed by atoms with van der Waals surface area (Å²) in [5.41, 5.74) is 0.682. The Bertz CT molecular complexity index is 413. The Morgan fingerprint density at radius 1 is 1.72 bits per heavy atom. The maximum Gasteiger partial charge on any atom is 0.268 e. The van der Waals surface area contributed by atoms with Crippen LogP contribution >= 0.6 is 15.9 Å². The highest BCUT2D eigenvalue weighted by atomic mass is 79.9. The minimum atomic E-state index is -0.0464. The Labute approximate surface area is 115 Å². The largest absolute Gasteiger partial charge is 0.378 e. The van der Waals surface area contributed by atoms with Crippen molar-refractivity contribution in [3.05, 3.63) is 22.4 Å². The lowest BCUT2D eigenvalue weighted by Crippen LogP contribution is -2.48. The molecule has 2 rings (SSSR count). The van der Waals surface area contributed by atoms with Crippen LogP contribution in [0.1, 0.15) is 17.4 Å². The van der Waals surface area contributed by atoms with Gasteiger partial charge in [-0.05, 0) is 28.9 Å². The molecule has 6 heteroatoms. The first-order chi connectivity index (χ1) is 8.70. The second-order valence-corrected chi connectivity index (χ2v) is 5.18. The van der Waals surface area contributed by atoms with Crippen LogP contribution in [0.2, 0.25) is 0 Å². The molecule has 1 aliphatic heterocycles. The van der Waals surface area contributed by atoms with E-state index in [-0.39, 0.29) is 11.9 Å². The lowest BCUT2D eigenvalue weighted by atomic mass is 10.2. The Hall–Kier alpha value is -0.850. The van der Waals surface area contributed by atoms with E-state index in [2.05, 4.69) is 26.6 Å². The second kappa shape index (κ2) is 6.36. The summed E-state index contributed by atoms with van der Waals surface area (Å²) >= 11 is 3.39. The predicted octanol–water partition coefficient (Wildman–Crippen LogP) is 0.989. The topological polar surface area (TPSA) is 55.3 Å². The molecule has 1 unspecified atom stereocenters. The van der Waals surface area contributed by atoms with E-state index in [0.717, 1.165) is 24.2 Å². The summed E-state index contributed by atoms with van der Waals surface area (Å²) in [6.07, 6.45) is 1.91. The SMILES string of the molecule is CCn1cc(Br)cc1C(=O)NCC1COCCN1. The van der Waals surface area contributed by atoms with Crippen molar-refractivity contribution in [2.45, 2.75) is 19.5 Å². The molecule has 2 heterocycles. The van der Waals surface area contributed by atoms with Crippen molar-refractivity contribution in [1.29, 1.82) is 0 Å². The van der Waals surface area contributed by atoms with Crippen LogP contribution in [0, 0.1) is 0 Å². The fraction of sp³-hybridized carbons (Fsp3) is 0.583. The molecular formula is C12H18BrN3O2. The van der Waals surface area contributed by atoms with Gasteiger partial charge in [0.2, 0.25) is 0 Å². The summed E-state index contributed by atoms with van der Waals surface area (Å²) in [6.45, 7) is 5.62. The maximum absolute atomic E-state index is 12.1. The van der Waals surface area contributed by atoms with Crippen LogP contribution in [0.25, 0.3) is 0 Å². The van der Waals surface area contributed by atoms with Gasteiger partial charge in [0.25, 0.3) is 5.91 Å². The third-order valence-corrected chi connectivity index (χ3v) is 3.38. The number of hydrogen-bond donors (Lipinski definition) is 2. The average molecular weight is 316 g/mol. The Morgan fingerprint density at radius 2 is 2.56 bits per heavy atom. The highest BCUT2D eigenvalue weighted by Gasteiger charge is 2.16. The van der Waals surface area contributed by atoms with Crippen molar-refractivity contribution in [2.24, 2.45) is 0 Å². The van der Waals surface area contributed by atoms with E-state index in [1.165, 1.54) is 0 Å². The molecular weight excluding hydrogens is 298 g/mol. The Kier molecular flexibility index (Phi) is 4.79. The lowest BCUT2D eigenvalue weighted by molar-refractivity contribution is 0.0732. The Morgan fingerprint density at radius 3 is 3.22 bits per heavy atom. The van der Waals surface area contributed by atoms with Crippen LogP contribution < -0.4 is 10.6 Å². The van der Waals surface area contributed by atoms with E-state index >= 15 is 0 Å². The summed E-state index contributed by atoms with van der Waals surface area (Å²) in [5.74, 6) is -0.0464. The molecule has 1 aromatic heterocycles. The third-order valence-electron chi connectivity index (χ3n) is 2.94. The number of carbonyl (C=O) groups is 1. The zero-order chi connectivity index (χ0) is 13.0. The van der Waals surface area contributed by atoms with Gasteiger partial charge in [-0.15, -0.1) is 0 Å². The summed E-state index contributed by atoms with van der Waals surface area (Å²) in [7, 11) is 0. The van der Waals surface area contributed by atoms with Crippen molar-refractivity contribution >= 4 is 21.8 Å². The van der Waals surface area contributed by atoms with Crippen LogP contribution in [0.15, 0.2) is 16.7 Å². The van der Waals surface area contributed by atoms with Gasteiger partial charge in [-0.1, -0.05) is 0 Å². The molecule has 1 aliphatic rings. The number of nitrogens with zero attached hydrogens (tertiary/aromatic N) is 1. The molecule has 0 bridgehead atoms. The third kappa shape index (κ3) is 3.34. The molecule has 100 valence electrons. The predicted molar refractivity (Wildman–Crippen MR) is 72.7 cm³/mol. The number of nitrogens with one attached hydrogen (secondary N) is 2. The molecule has 1 fully saturated rings. The van der Waals surface area contributed by atoms with E-state index < -0.39 is 0 Å². The molecule has 0 aromatic carbocycles. The smallest absolute Gasteiger partial charge is 0.268 e. The number of amides is 1. The Balaban J connectivity index is 1.90. The van der Waals surface area contributed by atoms with Gasteiger partial charge in [0.15, 0.2) is 0 Å². The first kappa shape index (κ1) is 13.6. The number of halogens is 1. The molecule has 2 N–H and O–H groups in total. The summed E-state index contributed by atoms with van der Waals surface area (Å²) < 4.78 is 8.19. The standard InChI is InChI=1S/C12H18BrN3O2/c1-2-16-7-9(13)5-11(16)12(17)15-6-10-8-18-4-3-14-10/h5,7,10,14H,2-4,6,8H2,1H3,(H,15,17). The van der Waals surface area contributed by atoms with Crippen molar-refractivity contribution in [2.75, 3.05) is 26.3 Å². The van der Waals surface area contributed by atoms with E-state index in [9.17, 15) is 4.79 Å². The number of morpholine rings is 1. The molecule has 1 amide bonds. The van der Waals surface area contributed by atoms with Crippen LogP contribution in [0.4, 0.5) is 0 Å². The summed E-state index contributed by atoms with van der Waals surface area (Å²) in [5, 5.41) is 6.24.